The van der Waals surface area contributed by atoms with Crippen LogP contribution in [0.4, 0.5) is 0 Å². The van der Waals surface area contributed by atoms with Crippen LogP contribution in [0, 0.1) is 0 Å². The summed E-state index contributed by atoms with van der Waals surface area (Å²) in [5.41, 5.74) is 16.2. The summed E-state index contributed by atoms with van der Waals surface area (Å²) in [7, 11) is 0. The number of nitrogens with zero attached hydrogens (tertiary/aromatic N) is 1. The summed E-state index contributed by atoms with van der Waals surface area (Å²) in [5.74, 6) is 0. The Kier molecular flexibility index (Phi) is 20.4. The molecular formula is C15H37N5O4. The highest BCUT2D eigenvalue weighted by Crippen LogP contribution is 1.91. The van der Waals surface area contributed by atoms with Crippen LogP contribution in [-0.2, 0) is 18.9 Å². The molecule has 0 aromatic carbocycles. The van der Waals surface area contributed by atoms with Gasteiger partial charge in [-0.1, -0.05) is 0 Å². The maximum Gasteiger partial charge on any atom is 0.0966 e. The van der Waals surface area contributed by atoms with Gasteiger partial charge in [0.2, 0.25) is 0 Å². The van der Waals surface area contributed by atoms with Crippen LogP contribution in [0.2, 0.25) is 0 Å². The van der Waals surface area contributed by atoms with Gasteiger partial charge >= 0.3 is 0 Å². The molecule has 0 aromatic rings. The predicted molar refractivity (Wildman–Crippen MR) is 94.9 cm³/mol. The molecule has 0 heterocycles. The molecule has 0 unspecified atom stereocenters. The number of hydrogen-bond acceptors (Lipinski definition) is 9. The molecule has 0 spiro atoms. The van der Waals surface area contributed by atoms with Gasteiger partial charge in [-0.3, -0.25) is 10.2 Å². The smallest absolute Gasteiger partial charge is 0.0966 e. The molecular weight excluding hydrogens is 314 g/mol. The highest BCUT2D eigenvalue weighted by atomic mass is 16.5. The van der Waals surface area contributed by atoms with Crippen molar-refractivity contribution in [3.05, 3.63) is 0 Å². The molecule has 0 aromatic heterocycles. The molecule has 0 aliphatic rings. The van der Waals surface area contributed by atoms with E-state index in [0.29, 0.717) is 72.6 Å². The van der Waals surface area contributed by atoms with E-state index in [9.17, 15) is 0 Å². The fourth-order valence-electron chi connectivity index (χ4n) is 1.83. The Morgan fingerprint density at radius 2 is 1.04 bits per heavy atom. The average Bonchev–Trinajstić information content (AvgIpc) is 2.60. The highest BCUT2D eigenvalue weighted by Gasteiger charge is 2.05. The van der Waals surface area contributed by atoms with Gasteiger partial charge in [0, 0.05) is 45.8 Å². The fourth-order valence-corrected chi connectivity index (χ4v) is 1.83. The number of nitrogens with two attached hydrogens (primary N) is 3. The monoisotopic (exact) mass is 351 g/mol. The van der Waals surface area contributed by atoms with Gasteiger partial charge in [-0.15, -0.1) is 0 Å². The minimum absolute atomic E-state index is 0.507. The topological polar surface area (TPSA) is 130 Å². The lowest BCUT2D eigenvalue weighted by atomic mass is 10.4. The number of hydrogen-bond donors (Lipinski definition) is 4. The normalized spacial score (nSPS) is 11.5. The minimum atomic E-state index is 0.507. The Bertz CT molecular complexity index is 228. The molecule has 0 radical (unpaired) electrons. The third-order valence-corrected chi connectivity index (χ3v) is 3.07. The maximum atomic E-state index is 5.57. The van der Waals surface area contributed by atoms with E-state index in [1.54, 1.807) is 0 Å². The van der Waals surface area contributed by atoms with E-state index in [1.807, 2.05) is 0 Å². The van der Waals surface area contributed by atoms with Crippen LogP contribution in [0.5, 0.6) is 0 Å². The Morgan fingerprint density at radius 3 is 1.54 bits per heavy atom. The first-order valence-corrected chi connectivity index (χ1v) is 8.69. The maximum absolute atomic E-state index is 5.57. The zero-order valence-electron chi connectivity index (χ0n) is 14.9. The van der Waals surface area contributed by atoms with E-state index in [1.165, 1.54) is 0 Å². The second-order valence-corrected chi connectivity index (χ2v) is 5.10. The number of rotatable bonds is 20. The molecule has 0 rings (SSSR count). The van der Waals surface area contributed by atoms with E-state index in [0.717, 1.165) is 26.2 Å². The van der Waals surface area contributed by atoms with E-state index in [-0.39, 0.29) is 0 Å². The van der Waals surface area contributed by atoms with Crippen molar-refractivity contribution in [1.29, 1.82) is 0 Å². The van der Waals surface area contributed by atoms with Crippen LogP contribution in [0.1, 0.15) is 0 Å². The van der Waals surface area contributed by atoms with Crippen molar-refractivity contribution >= 4 is 0 Å². The van der Waals surface area contributed by atoms with Crippen LogP contribution < -0.4 is 22.5 Å². The zero-order valence-corrected chi connectivity index (χ0v) is 14.9. The molecule has 0 atom stereocenters. The van der Waals surface area contributed by atoms with Gasteiger partial charge in [-0.25, -0.2) is 0 Å². The summed E-state index contributed by atoms with van der Waals surface area (Å²) >= 11 is 0. The van der Waals surface area contributed by atoms with Gasteiger partial charge in [0.25, 0.3) is 0 Å². The second-order valence-electron chi connectivity index (χ2n) is 5.10. The van der Waals surface area contributed by atoms with Gasteiger partial charge in [0.15, 0.2) is 0 Å². The molecule has 24 heavy (non-hydrogen) atoms. The molecule has 0 aliphatic heterocycles. The highest BCUT2D eigenvalue weighted by molar-refractivity contribution is 4.57. The third kappa shape index (κ3) is 18.0. The van der Waals surface area contributed by atoms with Crippen LogP contribution in [0.25, 0.3) is 0 Å². The summed E-state index contributed by atoms with van der Waals surface area (Å²) in [5, 5.41) is 3.15. The SMILES string of the molecule is NCCOCCNCOCCN(CCOCCN)CCOCCN. The van der Waals surface area contributed by atoms with Gasteiger partial charge in [-0.2, -0.15) is 0 Å². The largest absolute Gasteiger partial charge is 0.379 e. The van der Waals surface area contributed by atoms with Crippen molar-refractivity contribution < 1.29 is 18.9 Å². The van der Waals surface area contributed by atoms with Crippen molar-refractivity contribution in [2.45, 2.75) is 0 Å². The molecule has 0 fully saturated rings. The molecule has 146 valence electrons. The number of nitrogens with one attached hydrogen (secondary N) is 1. The molecule has 0 amide bonds. The van der Waals surface area contributed by atoms with Crippen molar-refractivity contribution in [3.8, 4) is 0 Å². The molecule has 9 nitrogen and oxygen atoms in total. The van der Waals surface area contributed by atoms with Crippen molar-refractivity contribution in [2.75, 3.05) is 98.8 Å². The molecule has 7 N–H and O–H groups in total. The van der Waals surface area contributed by atoms with Crippen molar-refractivity contribution in [2.24, 2.45) is 17.2 Å². The van der Waals surface area contributed by atoms with Gasteiger partial charge < -0.3 is 36.1 Å². The molecule has 0 saturated heterocycles. The zero-order chi connectivity index (χ0) is 17.7. The Hall–Kier alpha value is -0.360. The van der Waals surface area contributed by atoms with Crippen LogP contribution >= 0.6 is 0 Å². The molecule has 0 saturated carbocycles. The van der Waals surface area contributed by atoms with E-state index in [2.05, 4.69) is 10.2 Å². The van der Waals surface area contributed by atoms with Gasteiger partial charge in [0.1, 0.15) is 0 Å². The third-order valence-electron chi connectivity index (χ3n) is 3.07. The van der Waals surface area contributed by atoms with E-state index >= 15 is 0 Å². The Morgan fingerprint density at radius 1 is 0.583 bits per heavy atom. The molecule has 0 aliphatic carbocycles. The summed E-state index contributed by atoms with van der Waals surface area (Å²) in [6.45, 7) is 9.75. The molecule has 0 bridgehead atoms. The summed E-state index contributed by atoms with van der Waals surface area (Å²) < 4.78 is 21.7. The lowest BCUT2D eigenvalue weighted by molar-refractivity contribution is 0.0492. The van der Waals surface area contributed by atoms with Crippen LogP contribution in [0.3, 0.4) is 0 Å². The van der Waals surface area contributed by atoms with Crippen LogP contribution in [0.15, 0.2) is 0 Å². The quantitative estimate of drug-likeness (QED) is 0.142. The summed E-state index contributed by atoms with van der Waals surface area (Å²) in [6.07, 6.45) is 0. The summed E-state index contributed by atoms with van der Waals surface area (Å²) in [4.78, 5) is 2.25. The first kappa shape index (κ1) is 23.6. The predicted octanol–water partition coefficient (Wildman–Crippen LogP) is -2.22. The first-order chi connectivity index (χ1) is 11.8. The Balaban J connectivity index is 3.62. The average molecular weight is 351 g/mol. The minimum Gasteiger partial charge on any atom is -0.379 e. The lowest BCUT2D eigenvalue weighted by Crippen LogP contribution is -2.35. The number of ether oxygens (including phenoxy) is 4. The van der Waals surface area contributed by atoms with E-state index in [4.69, 9.17) is 36.1 Å². The van der Waals surface area contributed by atoms with E-state index < -0.39 is 0 Å². The van der Waals surface area contributed by atoms with Gasteiger partial charge in [-0.05, 0) is 0 Å². The fraction of sp³-hybridized carbons (Fsp3) is 1.00. The summed E-state index contributed by atoms with van der Waals surface area (Å²) in [6, 6.07) is 0. The first-order valence-electron chi connectivity index (χ1n) is 8.69. The second kappa shape index (κ2) is 20.7. The molecule has 9 heteroatoms. The van der Waals surface area contributed by atoms with Crippen molar-refractivity contribution in [1.82, 2.24) is 10.2 Å². The Labute approximate surface area is 146 Å². The lowest BCUT2D eigenvalue weighted by Gasteiger charge is -2.22. The van der Waals surface area contributed by atoms with Crippen molar-refractivity contribution in [3.63, 3.8) is 0 Å². The standard InChI is InChI=1S/C15H37N5O4/c16-1-8-21-11-4-19-15-24-14-7-20(5-12-22-9-2-17)6-13-23-10-3-18/h19H,1-18H2. The van der Waals surface area contributed by atoms with Gasteiger partial charge in [0.05, 0.1) is 53.0 Å². The van der Waals surface area contributed by atoms with Crippen LogP contribution in [-0.4, -0.2) is 104 Å².